The van der Waals surface area contributed by atoms with E-state index in [9.17, 15) is 0 Å². The second-order valence-electron chi connectivity index (χ2n) is 7.13. The Hall–Kier alpha value is -2.91. The van der Waals surface area contributed by atoms with Crippen LogP contribution in [-0.4, -0.2) is 78.2 Å². The van der Waals surface area contributed by atoms with Crippen molar-refractivity contribution in [3.8, 4) is 17.0 Å². The van der Waals surface area contributed by atoms with Gasteiger partial charge in [0.15, 0.2) is 5.65 Å². The van der Waals surface area contributed by atoms with Crippen LogP contribution in [-0.2, 0) is 11.8 Å². The van der Waals surface area contributed by atoms with Gasteiger partial charge in [0.1, 0.15) is 11.6 Å². The molecule has 3 aromatic rings. The predicted octanol–water partition coefficient (Wildman–Crippen LogP) is 1.39. The van der Waals surface area contributed by atoms with Crippen LogP contribution in [0.1, 0.15) is 0 Å². The van der Waals surface area contributed by atoms with E-state index in [0.717, 1.165) is 61.7 Å². The molecule has 0 amide bonds. The fourth-order valence-corrected chi connectivity index (χ4v) is 3.59. The third-order valence-corrected chi connectivity index (χ3v) is 5.36. The van der Waals surface area contributed by atoms with Gasteiger partial charge in [0.2, 0.25) is 5.95 Å². The summed E-state index contributed by atoms with van der Waals surface area (Å²) in [6.07, 6.45) is 0. The number of anilines is 2. The zero-order valence-electron chi connectivity index (χ0n) is 17.1. The molecule has 1 fully saturated rings. The molecule has 0 bridgehead atoms. The van der Waals surface area contributed by atoms with Crippen molar-refractivity contribution in [1.82, 2.24) is 24.6 Å². The second-order valence-corrected chi connectivity index (χ2v) is 7.13. The summed E-state index contributed by atoms with van der Waals surface area (Å²) >= 11 is 0. The maximum atomic E-state index is 6.29. The van der Waals surface area contributed by atoms with Crippen molar-refractivity contribution in [1.29, 1.82) is 0 Å². The largest absolute Gasteiger partial charge is 0.497 e. The molecule has 1 saturated heterocycles. The summed E-state index contributed by atoms with van der Waals surface area (Å²) in [5.41, 5.74) is 8.65. The molecular weight excluding hydrogens is 370 g/mol. The van der Waals surface area contributed by atoms with Gasteiger partial charge in [-0.2, -0.15) is 10.1 Å². The molecule has 0 spiro atoms. The van der Waals surface area contributed by atoms with E-state index in [2.05, 4.69) is 14.9 Å². The van der Waals surface area contributed by atoms with Gasteiger partial charge in [-0.1, -0.05) is 0 Å². The second kappa shape index (κ2) is 8.22. The van der Waals surface area contributed by atoms with Crippen LogP contribution >= 0.6 is 0 Å². The van der Waals surface area contributed by atoms with E-state index in [4.69, 9.17) is 25.2 Å². The minimum absolute atomic E-state index is 0.557. The van der Waals surface area contributed by atoms with E-state index in [0.29, 0.717) is 17.4 Å². The van der Waals surface area contributed by atoms with E-state index >= 15 is 0 Å². The van der Waals surface area contributed by atoms with Gasteiger partial charge in [0.25, 0.3) is 0 Å². The lowest BCUT2D eigenvalue weighted by atomic mass is 10.1. The Morgan fingerprint density at radius 3 is 2.41 bits per heavy atom. The molecule has 9 nitrogen and oxygen atoms in total. The van der Waals surface area contributed by atoms with E-state index < -0.39 is 0 Å². The zero-order valence-corrected chi connectivity index (χ0v) is 17.1. The molecule has 2 N–H and O–H groups in total. The van der Waals surface area contributed by atoms with Gasteiger partial charge >= 0.3 is 0 Å². The van der Waals surface area contributed by atoms with Crippen LogP contribution in [0.4, 0.5) is 11.8 Å². The Labute approximate surface area is 170 Å². The van der Waals surface area contributed by atoms with Crippen molar-refractivity contribution in [2.75, 3.05) is 64.2 Å². The predicted molar refractivity (Wildman–Crippen MR) is 113 cm³/mol. The maximum Gasteiger partial charge on any atom is 0.228 e. The third-order valence-electron chi connectivity index (χ3n) is 5.36. The Balaban J connectivity index is 1.69. The Kier molecular flexibility index (Phi) is 5.50. The number of nitrogens with zero attached hydrogens (tertiary/aromatic N) is 6. The van der Waals surface area contributed by atoms with Crippen molar-refractivity contribution in [2.24, 2.45) is 7.05 Å². The van der Waals surface area contributed by atoms with E-state index in [1.165, 1.54) is 0 Å². The molecule has 154 valence electrons. The molecule has 4 rings (SSSR count). The monoisotopic (exact) mass is 397 g/mol. The highest BCUT2D eigenvalue weighted by atomic mass is 16.5. The molecule has 9 heteroatoms. The fraction of sp³-hybridized carbons (Fsp3) is 0.450. The highest BCUT2D eigenvalue weighted by Gasteiger charge is 2.23. The van der Waals surface area contributed by atoms with Gasteiger partial charge in [-0.3, -0.25) is 9.58 Å². The normalized spacial score (nSPS) is 15.2. The number of hydrogen-bond acceptors (Lipinski definition) is 8. The van der Waals surface area contributed by atoms with Gasteiger partial charge in [0, 0.05) is 52.4 Å². The fourth-order valence-electron chi connectivity index (χ4n) is 3.59. The number of fused-ring (bicyclic) bond motifs is 1. The molecule has 0 aliphatic carbocycles. The number of rotatable bonds is 6. The standard InChI is InChI=1S/C20H27N7O2/c1-25-18(21)16-17(14-4-6-15(29-3)7-5-14)22-20(23-19(16)24-25)27-10-8-26(9-11-27)12-13-28-2/h4-7H,8-13,21H2,1-3H3. The highest BCUT2D eigenvalue weighted by Crippen LogP contribution is 2.32. The molecule has 3 heterocycles. The van der Waals surface area contributed by atoms with Crippen LogP contribution in [0.3, 0.4) is 0 Å². The zero-order chi connectivity index (χ0) is 20.4. The van der Waals surface area contributed by atoms with E-state index in [-0.39, 0.29) is 0 Å². The number of methoxy groups -OCH3 is 2. The molecule has 0 radical (unpaired) electrons. The van der Waals surface area contributed by atoms with Gasteiger partial charge in [-0.15, -0.1) is 0 Å². The molecule has 0 unspecified atom stereocenters. The first-order valence-electron chi connectivity index (χ1n) is 9.71. The molecule has 0 saturated carbocycles. The maximum absolute atomic E-state index is 6.29. The quantitative estimate of drug-likeness (QED) is 0.667. The molecule has 29 heavy (non-hydrogen) atoms. The average Bonchev–Trinajstić information content (AvgIpc) is 3.05. The Morgan fingerprint density at radius 1 is 1.03 bits per heavy atom. The van der Waals surface area contributed by atoms with Crippen LogP contribution in [0, 0.1) is 0 Å². The van der Waals surface area contributed by atoms with Crippen LogP contribution in [0.15, 0.2) is 24.3 Å². The Morgan fingerprint density at radius 2 is 1.76 bits per heavy atom. The summed E-state index contributed by atoms with van der Waals surface area (Å²) in [5, 5.41) is 5.28. The number of benzene rings is 1. The SMILES string of the molecule is COCCN1CCN(c2nc(-c3ccc(OC)cc3)c3c(N)n(C)nc3n2)CC1. The topological polar surface area (TPSA) is 94.6 Å². The van der Waals surface area contributed by atoms with Crippen molar-refractivity contribution in [3.05, 3.63) is 24.3 Å². The summed E-state index contributed by atoms with van der Waals surface area (Å²) in [4.78, 5) is 14.2. The van der Waals surface area contributed by atoms with E-state index in [1.807, 2.05) is 31.3 Å². The summed E-state index contributed by atoms with van der Waals surface area (Å²) < 4.78 is 12.1. The molecule has 1 aliphatic heterocycles. The van der Waals surface area contributed by atoms with Crippen LogP contribution in [0.5, 0.6) is 5.75 Å². The molecule has 1 aliphatic rings. The molecule has 2 aromatic heterocycles. The number of nitrogens with two attached hydrogens (primary N) is 1. The number of ether oxygens (including phenoxy) is 2. The van der Waals surface area contributed by atoms with Crippen LogP contribution in [0.25, 0.3) is 22.3 Å². The van der Waals surface area contributed by atoms with Crippen LogP contribution in [0.2, 0.25) is 0 Å². The number of aryl methyl sites for hydroxylation is 1. The minimum Gasteiger partial charge on any atom is -0.497 e. The van der Waals surface area contributed by atoms with Gasteiger partial charge in [-0.05, 0) is 24.3 Å². The number of nitrogen functional groups attached to an aromatic ring is 1. The van der Waals surface area contributed by atoms with Crippen molar-refractivity contribution < 1.29 is 9.47 Å². The third kappa shape index (κ3) is 3.83. The summed E-state index contributed by atoms with van der Waals surface area (Å²) in [6, 6.07) is 7.81. The lowest BCUT2D eigenvalue weighted by Gasteiger charge is -2.34. The highest BCUT2D eigenvalue weighted by molar-refractivity contribution is 5.98. The van der Waals surface area contributed by atoms with E-state index in [1.54, 1.807) is 18.9 Å². The lowest BCUT2D eigenvalue weighted by molar-refractivity contribution is 0.144. The van der Waals surface area contributed by atoms with Crippen molar-refractivity contribution in [2.45, 2.75) is 0 Å². The summed E-state index contributed by atoms with van der Waals surface area (Å²) in [5.74, 6) is 2.04. The molecule has 0 atom stereocenters. The molecular formula is C20H27N7O2. The smallest absolute Gasteiger partial charge is 0.228 e. The number of piperazine rings is 1. The van der Waals surface area contributed by atoms with Gasteiger partial charge < -0.3 is 20.1 Å². The van der Waals surface area contributed by atoms with Gasteiger partial charge in [0.05, 0.1) is 24.8 Å². The van der Waals surface area contributed by atoms with Crippen molar-refractivity contribution in [3.63, 3.8) is 0 Å². The minimum atomic E-state index is 0.557. The van der Waals surface area contributed by atoms with Gasteiger partial charge in [-0.25, -0.2) is 4.98 Å². The first-order valence-corrected chi connectivity index (χ1v) is 9.71. The Bertz CT molecular complexity index is 979. The first-order chi connectivity index (χ1) is 14.1. The lowest BCUT2D eigenvalue weighted by Crippen LogP contribution is -2.47. The average molecular weight is 397 g/mol. The van der Waals surface area contributed by atoms with Crippen molar-refractivity contribution >= 4 is 22.8 Å². The first kappa shape index (κ1) is 19.4. The molecule has 1 aromatic carbocycles. The summed E-state index contributed by atoms with van der Waals surface area (Å²) in [7, 11) is 5.21. The number of hydrogen-bond donors (Lipinski definition) is 1. The van der Waals surface area contributed by atoms with Crippen LogP contribution < -0.4 is 15.4 Å². The summed E-state index contributed by atoms with van der Waals surface area (Å²) in [6.45, 7) is 5.31. The number of aromatic nitrogens is 4.